The number of nitrogens with zero attached hydrogens (tertiary/aromatic N) is 2. The third-order valence-electron chi connectivity index (χ3n) is 2.93. The van der Waals surface area contributed by atoms with Crippen LogP contribution in [-0.4, -0.2) is 18.8 Å². The molecule has 0 fully saturated rings. The summed E-state index contributed by atoms with van der Waals surface area (Å²) in [6.45, 7) is 2.87. The van der Waals surface area contributed by atoms with E-state index in [-0.39, 0.29) is 6.61 Å². The molecule has 112 valence electrons. The van der Waals surface area contributed by atoms with Crippen LogP contribution in [0.1, 0.15) is 5.56 Å². The van der Waals surface area contributed by atoms with Gasteiger partial charge in [0.1, 0.15) is 0 Å². The number of nitrogens with one attached hydrogen (secondary N) is 1. The third kappa shape index (κ3) is 4.85. The van der Waals surface area contributed by atoms with Crippen LogP contribution in [0.2, 0.25) is 0 Å². The molecular formula is C16H16N3O3+. The number of anilines is 1. The van der Waals surface area contributed by atoms with Gasteiger partial charge in [-0.1, -0.05) is 0 Å². The van der Waals surface area contributed by atoms with E-state index in [9.17, 15) is 9.59 Å². The first-order valence-corrected chi connectivity index (χ1v) is 6.75. The van der Waals surface area contributed by atoms with Crippen molar-refractivity contribution in [2.75, 3.05) is 11.9 Å². The molecule has 0 unspecified atom stereocenters. The zero-order valence-electron chi connectivity index (χ0n) is 12.2. The molecule has 1 amide bonds. The van der Waals surface area contributed by atoms with E-state index in [1.54, 1.807) is 24.3 Å². The second-order valence-corrected chi connectivity index (χ2v) is 4.62. The highest BCUT2D eigenvalue weighted by Gasteiger charge is 2.05. The molecule has 0 aliphatic carbocycles. The van der Waals surface area contributed by atoms with Crippen molar-refractivity contribution in [2.45, 2.75) is 13.5 Å². The molecule has 1 aromatic heterocycles. The lowest BCUT2D eigenvalue weighted by molar-refractivity contribution is -0.697. The van der Waals surface area contributed by atoms with Gasteiger partial charge in [-0.3, -0.25) is 5.32 Å². The number of aromatic nitrogens is 1. The van der Waals surface area contributed by atoms with E-state index >= 15 is 0 Å². The Morgan fingerprint density at radius 2 is 1.91 bits per heavy atom. The fourth-order valence-corrected chi connectivity index (χ4v) is 1.75. The van der Waals surface area contributed by atoms with Crippen LogP contribution in [-0.2, 0) is 16.1 Å². The van der Waals surface area contributed by atoms with Crippen LogP contribution in [0.25, 0.3) is 0 Å². The number of aryl methyl sites for hydroxylation is 1. The fourth-order valence-electron chi connectivity index (χ4n) is 1.75. The van der Waals surface area contributed by atoms with Crippen LogP contribution < -0.4 is 9.88 Å². The zero-order valence-corrected chi connectivity index (χ0v) is 12.2. The Bertz CT molecular complexity index is 675. The van der Waals surface area contributed by atoms with Gasteiger partial charge in [0.15, 0.2) is 25.5 Å². The summed E-state index contributed by atoms with van der Waals surface area (Å²) in [5.41, 5.74) is 2.22. The van der Waals surface area contributed by atoms with E-state index in [1.807, 2.05) is 36.0 Å². The first-order chi connectivity index (χ1) is 10.7. The van der Waals surface area contributed by atoms with Gasteiger partial charge in [0, 0.05) is 17.8 Å². The van der Waals surface area contributed by atoms with E-state index in [4.69, 9.17) is 4.74 Å². The van der Waals surface area contributed by atoms with Gasteiger partial charge in [0.2, 0.25) is 6.08 Å². The maximum Gasteiger partial charge on any atom is 0.411 e. The monoisotopic (exact) mass is 298 g/mol. The number of isocyanates is 1. The number of rotatable bonds is 5. The van der Waals surface area contributed by atoms with Crippen LogP contribution >= 0.6 is 0 Å². The number of pyridine rings is 1. The summed E-state index contributed by atoms with van der Waals surface area (Å²) >= 11 is 0. The smallest absolute Gasteiger partial charge is 0.411 e. The van der Waals surface area contributed by atoms with E-state index in [1.165, 1.54) is 11.6 Å². The Morgan fingerprint density at radius 3 is 2.55 bits per heavy atom. The molecule has 0 aliphatic heterocycles. The van der Waals surface area contributed by atoms with Gasteiger partial charge in [-0.25, -0.2) is 14.2 Å². The van der Waals surface area contributed by atoms with Gasteiger partial charge < -0.3 is 4.74 Å². The molecule has 0 atom stereocenters. The van der Waals surface area contributed by atoms with Crippen molar-refractivity contribution in [2.24, 2.45) is 4.99 Å². The van der Waals surface area contributed by atoms with Gasteiger partial charge >= 0.3 is 6.09 Å². The number of hydrogen-bond acceptors (Lipinski definition) is 4. The number of benzene rings is 1. The second-order valence-electron chi connectivity index (χ2n) is 4.62. The van der Waals surface area contributed by atoms with E-state index in [0.29, 0.717) is 17.9 Å². The molecule has 1 N–H and O–H groups in total. The molecule has 0 spiro atoms. The molecule has 0 saturated heterocycles. The molecule has 1 aromatic carbocycles. The predicted octanol–water partition coefficient (Wildman–Crippen LogP) is 2.50. The molecule has 2 aromatic rings. The molecule has 6 heteroatoms. The Morgan fingerprint density at radius 1 is 1.23 bits per heavy atom. The summed E-state index contributed by atoms with van der Waals surface area (Å²) in [4.78, 5) is 25.2. The number of carbonyl (C=O) groups is 1. The van der Waals surface area contributed by atoms with Crippen LogP contribution in [0, 0.1) is 6.92 Å². The van der Waals surface area contributed by atoms with Crippen molar-refractivity contribution in [3.05, 3.63) is 54.4 Å². The van der Waals surface area contributed by atoms with E-state index in [0.717, 1.165) is 0 Å². The van der Waals surface area contributed by atoms with Gasteiger partial charge in [-0.05, 0) is 36.8 Å². The van der Waals surface area contributed by atoms with Crippen LogP contribution in [0.4, 0.5) is 16.2 Å². The molecule has 0 aliphatic rings. The highest BCUT2D eigenvalue weighted by Crippen LogP contribution is 2.15. The van der Waals surface area contributed by atoms with E-state index in [2.05, 4.69) is 10.3 Å². The van der Waals surface area contributed by atoms with Gasteiger partial charge in [0.05, 0.1) is 5.69 Å². The van der Waals surface area contributed by atoms with Crippen molar-refractivity contribution in [1.29, 1.82) is 0 Å². The maximum absolute atomic E-state index is 11.6. The van der Waals surface area contributed by atoms with Crippen molar-refractivity contribution in [3.8, 4) is 0 Å². The number of hydrogen-bond donors (Lipinski definition) is 1. The predicted molar refractivity (Wildman–Crippen MR) is 80.6 cm³/mol. The summed E-state index contributed by atoms with van der Waals surface area (Å²) in [6.07, 6.45) is 4.79. The highest BCUT2D eigenvalue weighted by molar-refractivity contribution is 5.84. The normalized spacial score (nSPS) is 9.68. The average molecular weight is 298 g/mol. The fraction of sp³-hybridized carbons (Fsp3) is 0.188. The lowest BCUT2D eigenvalue weighted by Gasteiger charge is -2.05. The van der Waals surface area contributed by atoms with Crippen molar-refractivity contribution in [1.82, 2.24) is 0 Å². The van der Waals surface area contributed by atoms with E-state index < -0.39 is 6.09 Å². The molecule has 6 nitrogen and oxygen atoms in total. The Labute approximate surface area is 128 Å². The maximum atomic E-state index is 11.6. The van der Waals surface area contributed by atoms with Crippen LogP contribution in [0.5, 0.6) is 0 Å². The quantitative estimate of drug-likeness (QED) is 0.523. The number of aliphatic imine (C=N–C) groups is 1. The van der Waals surface area contributed by atoms with Gasteiger partial charge in [-0.15, -0.1) is 0 Å². The summed E-state index contributed by atoms with van der Waals surface area (Å²) in [5.74, 6) is 0. The summed E-state index contributed by atoms with van der Waals surface area (Å²) in [6, 6.07) is 10.4. The first kappa shape index (κ1) is 15.4. The molecule has 0 saturated carbocycles. The van der Waals surface area contributed by atoms with Crippen molar-refractivity contribution >= 4 is 23.5 Å². The van der Waals surface area contributed by atoms with Crippen molar-refractivity contribution < 1.29 is 18.9 Å². The standard InChI is InChI=1S/C16H15N3O3/c1-13-6-8-19(9-7-13)10-11-22-16(21)18-15-4-2-14(3-5-15)17-12-20/h2-9H,10-11H2,1H3/p+1. The number of carbonyl (C=O) groups excluding carboxylic acids is 2. The summed E-state index contributed by atoms with van der Waals surface area (Å²) < 4.78 is 7.04. The lowest BCUT2D eigenvalue weighted by atomic mass is 10.3. The van der Waals surface area contributed by atoms with Gasteiger partial charge in [0.25, 0.3) is 0 Å². The molecule has 0 bridgehead atoms. The third-order valence-corrected chi connectivity index (χ3v) is 2.93. The second kappa shape index (κ2) is 7.71. The zero-order chi connectivity index (χ0) is 15.8. The first-order valence-electron chi connectivity index (χ1n) is 6.75. The minimum atomic E-state index is -0.528. The van der Waals surface area contributed by atoms with Crippen LogP contribution in [0.3, 0.4) is 0 Å². The summed E-state index contributed by atoms with van der Waals surface area (Å²) in [7, 11) is 0. The minimum absolute atomic E-state index is 0.271. The Balaban J connectivity index is 1.77. The summed E-state index contributed by atoms with van der Waals surface area (Å²) in [5, 5.41) is 2.60. The van der Waals surface area contributed by atoms with Gasteiger partial charge in [-0.2, -0.15) is 4.99 Å². The lowest BCUT2D eigenvalue weighted by Crippen LogP contribution is -2.35. The molecule has 0 radical (unpaired) electrons. The van der Waals surface area contributed by atoms with Crippen LogP contribution in [0.15, 0.2) is 53.8 Å². The number of amides is 1. The molecule has 2 rings (SSSR count). The largest absolute Gasteiger partial charge is 0.443 e. The molecular weight excluding hydrogens is 282 g/mol. The Kier molecular flexibility index (Phi) is 5.40. The Hall–Kier alpha value is -2.98. The topological polar surface area (TPSA) is 71.6 Å². The number of ether oxygens (including phenoxy) is 1. The minimum Gasteiger partial charge on any atom is -0.443 e. The van der Waals surface area contributed by atoms with Crippen molar-refractivity contribution in [3.63, 3.8) is 0 Å². The SMILES string of the molecule is Cc1cc[n+](CCOC(=O)Nc2ccc(N=C=O)cc2)cc1. The highest BCUT2D eigenvalue weighted by atomic mass is 16.5. The molecule has 1 heterocycles. The average Bonchev–Trinajstić information content (AvgIpc) is 2.51. The molecule has 22 heavy (non-hydrogen) atoms.